The average Bonchev–Trinajstić information content (AvgIpc) is 2.38. The molecule has 1 aromatic carbocycles. The van der Waals surface area contributed by atoms with Crippen molar-refractivity contribution in [2.45, 2.75) is 30.0 Å². The van der Waals surface area contributed by atoms with Gasteiger partial charge in [-0.3, -0.25) is 0 Å². The van der Waals surface area contributed by atoms with Crippen molar-refractivity contribution in [2.24, 2.45) is 0 Å². The number of benzene rings is 1. The quantitative estimate of drug-likeness (QED) is 0.786. The van der Waals surface area contributed by atoms with Crippen molar-refractivity contribution in [3.63, 3.8) is 0 Å². The molecule has 0 bridgehead atoms. The summed E-state index contributed by atoms with van der Waals surface area (Å²) in [5.41, 5.74) is -1.01. The molecule has 0 radical (unpaired) electrons. The summed E-state index contributed by atoms with van der Waals surface area (Å²) in [6.07, 6.45) is -3.13. The fraction of sp³-hybridized carbons (Fsp3) is 0.500. The van der Waals surface area contributed by atoms with Crippen LogP contribution in [0, 0.1) is 0 Å². The van der Waals surface area contributed by atoms with Gasteiger partial charge >= 0.3 is 6.18 Å². The van der Waals surface area contributed by atoms with Gasteiger partial charge in [0, 0.05) is 17.1 Å². The molecule has 1 fully saturated rings. The van der Waals surface area contributed by atoms with Crippen LogP contribution in [0.1, 0.15) is 18.4 Å². The Morgan fingerprint density at radius 3 is 2.55 bits per heavy atom. The van der Waals surface area contributed by atoms with Crippen LogP contribution in [0.4, 0.5) is 13.2 Å². The smallest absolute Gasteiger partial charge is 0.315 e. The van der Waals surface area contributed by atoms with Gasteiger partial charge in [-0.05, 0) is 37.6 Å². The van der Waals surface area contributed by atoms with Gasteiger partial charge in [-0.15, -0.1) is 12.4 Å². The van der Waals surface area contributed by atoms with Crippen LogP contribution in [0.2, 0.25) is 0 Å². The summed E-state index contributed by atoms with van der Waals surface area (Å²) in [5, 5.41) is 3.04. The molecule has 1 unspecified atom stereocenters. The van der Waals surface area contributed by atoms with E-state index in [9.17, 15) is 21.6 Å². The van der Waals surface area contributed by atoms with Crippen molar-refractivity contribution in [2.75, 3.05) is 13.1 Å². The molecule has 10 heteroatoms. The van der Waals surface area contributed by atoms with Crippen molar-refractivity contribution in [3.05, 3.63) is 28.2 Å². The Labute approximate surface area is 141 Å². The number of piperidine rings is 1. The van der Waals surface area contributed by atoms with Crippen LogP contribution < -0.4 is 10.0 Å². The Hall–Kier alpha value is -0.350. The van der Waals surface area contributed by atoms with E-state index in [-0.39, 0.29) is 27.8 Å². The minimum absolute atomic E-state index is 0. The van der Waals surface area contributed by atoms with Crippen LogP contribution in [0.3, 0.4) is 0 Å². The molecule has 0 amide bonds. The first-order chi connectivity index (χ1) is 9.70. The summed E-state index contributed by atoms with van der Waals surface area (Å²) in [5.74, 6) is 0. The summed E-state index contributed by atoms with van der Waals surface area (Å²) in [6.45, 7) is 1.29. The van der Waals surface area contributed by atoms with Crippen molar-refractivity contribution in [1.29, 1.82) is 0 Å². The highest BCUT2D eigenvalue weighted by Gasteiger charge is 2.34. The molecule has 0 saturated carbocycles. The van der Waals surface area contributed by atoms with Crippen molar-refractivity contribution < 1.29 is 21.6 Å². The maximum absolute atomic E-state index is 12.8. The van der Waals surface area contributed by atoms with E-state index in [2.05, 4.69) is 26.0 Å². The van der Waals surface area contributed by atoms with Crippen molar-refractivity contribution >= 4 is 38.4 Å². The lowest BCUT2D eigenvalue weighted by Gasteiger charge is -2.23. The first kappa shape index (κ1) is 19.7. The Morgan fingerprint density at radius 2 is 2.00 bits per heavy atom. The molecule has 1 atom stereocenters. The SMILES string of the molecule is Cl.O=S(=O)(NC1CCCNC1)c1ccc(Br)c(C(F)(F)F)c1. The summed E-state index contributed by atoms with van der Waals surface area (Å²) in [7, 11) is -3.97. The number of alkyl halides is 3. The topological polar surface area (TPSA) is 58.2 Å². The maximum Gasteiger partial charge on any atom is 0.417 e. The molecule has 4 nitrogen and oxygen atoms in total. The largest absolute Gasteiger partial charge is 0.417 e. The summed E-state index contributed by atoms with van der Waals surface area (Å²) in [4.78, 5) is -0.386. The molecule has 0 aliphatic carbocycles. The van der Waals surface area contributed by atoms with Crippen LogP contribution >= 0.6 is 28.3 Å². The minimum atomic E-state index is -4.61. The predicted octanol–water partition coefficient (Wildman–Crippen LogP) is 2.92. The molecule has 2 N–H and O–H groups in total. The van der Waals surface area contributed by atoms with Gasteiger partial charge in [-0.25, -0.2) is 13.1 Å². The first-order valence-corrected chi connectivity index (χ1v) is 8.57. The Morgan fingerprint density at radius 1 is 1.32 bits per heavy atom. The minimum Gasteiger partial charge on any atom is -0.315 e. The third kappa shape index (κ3) is 4.82. The van der Waals surface area contributed by atoms with Crippen LogP contribution in [-0.2, 0) is 16.2 Å². The van der Waals surface area contributed by atoms with Gasteiger partial charge in [0.1, 0.15) is 0 Å². The third-order valence-corrected chi connectivity index (χ3v) is 5.38. The average molecular weight is 424 g/mol. The van der Waals surface area contributed by atoms with E-state index in [1.54, 1.807) is 0 Å². The van der Waals surface area contributed by atoms with E-state index in [1.807, 2.05) is 0 Å². The van der Waals surface area contributed by atoms with Gasteiger partial charge in [0.05, 0.1) is 10.5 Å². The molecule has 126 valence electrons. The summed E-state index contributed by atoms with van der Waals surface area (Å²) in [6, 6.07) is 2.58. The monoisotopic (exact) mass is 422 g/mol. The van der Waals surface area contributed by atoms with Crippen molar-refractivity contribution in [1.82, 2.24) is 10.0 Å². The van der Waals surface area contributed by atoms with Crippen LogP contribution in [0.25, 0.3) is 0 Å². The number of rotatable bonds is 3. The van der Waals surface area contributed by atoms with Gasteiger partial charge in [-0.1, -0.05) is 15.9 Å². The zero-order valence-electron chi connectivity index (χ0n) is 11.3. The van der Waals surface area contributed by atoms with E-state index in [0.29, 0.717) is 19.0 Å². The molecule has 0 aromatic heterocycles. The lowest BCUT2D eigenvalue weighted by Crippen LogP contribution is -2.45. The normalized spacial score (nSPS) is 19.5. The number of halogens is 5. The second kappa shape index (κ2) is 7.48. The summed E-state index contributed by atoms with van der Waals surface area (Å²) < 4.78 is 65.0. The molecular formula is C12H15BrClF3N2O2S. The zero-order valence-corrected chi connectivity index (χ0v) is 14.5. The molecule has 1 aliphatic rings. The van der Waals surface area contributed by atoms with E-state index >= 15 is 0 Å². The second-order valence-electron chi connectivity index (χ2n) is 4.80. The van der Waals surface area contributed by atoms with E-state index < -0.39 is 21.8 Å². The van der Waals surface area contributed by atoms with Crippen molar-refractivity contribution in [3.8, 4) is 0 Å². The molecule has 1 aliphatic heterocycles. The molecule has 1 aromatic rings. The highest BCUT2D eigenvalue weighted by atomic mass is 79.9. The molecule has 22 heavy (non-hydrogen) atoms. The number of hydrogen-bond acceptors (Lipinski definition) is 3. The molecule has 1 saturated heterocycles. The highest BCUT2D eigenvalue weighted by molar-refractivity contribution is 9.10. The summed E-state index contributed by atoms with van der Waals surface area (Å²) >= 11 is 2.79. The molecular weight excluding hydrogens is 409 g/mol. The number of nitrogens with one attached hydrogen (secondary N) is 2. The predicted molar refractivity (Wildman–Crippen MR) is 82.6 cm³/mol. The van der Waals surface area contributed by atoms with Gasteiger partial charge in [0.2, 0.25) is 10.0 Å². The van der Waals surface area contributed by atoms with E-state index in [1.165, 1.54) is 0 Å². The second-order valence-corrected chi connectivity index (χ2v) is 7.37. The van der Waals surface area contributed by atoms with E-state index in [4.69, 9.17) is 0 Å². The van der Waals surface area contributed by atoms with Gasteiger partial charge < -0.3 is 5.32 Å². The Bertz CT molecular complexity index is 619. The van der Waals surface area contributed by atoms with Gasteiger partial charge in [0.15, 0.2) is 0 Å². The fourth-order valence-electron chi connectivity index (χ4n) is 2.13. The van der Waals surface area contributed by atoms with Gasteiger partial charge in [-0.2, -0.15) is 13.2 Å². The Balaban J connectivity index is 0.00000242. The van der Waals surface area contributed by atoms with E-state index in [0.717, 1.165) is 25.1 Å². The maximum atomic E-state index is 12.8. The zero-order chi connectivity index (χ0) is 15.7. The molecule has 1 heterocycles. The molecule has 0 spiro atoms. The Kier molecular flexibility index (Phi) is 6.70. The van der Waals surface area contributed by atoms with Crippen LogP contribution in [0.5, 0.6) is 0 Å². The lowest BCUT2D eigenvalue weighted by atomic mass is 10.1. The third-order valence-electron chi connectivity index (χ3n) is 3.17. The van der Waals surface area contributed by atoms with Gasteiger partial charge in [0.25, 0.3) is 0 Å². The highest BCUT2D eigenvalue weighted by Crippen LogP contribution is 2.36. The standard InChI is InChI=1S/C12H14BrF3N2O2S.ClH/c13-11-4-3-9(6-10(11)12(14,15)16)21(19,20)18-8-2-1-5-17-7-8;/h3-4,6,8,17-18H,1-2,5,7H2;1H. The lowest BCUT2D eigenvalue weighted by molar-refractivity contribution is -0.138. The fourth-order valence-corrected chi connectivity index (χ4v) is 3.90. The van der Waals surface area contributed by atoms with Crippen LogP contribution in [-0.4, -0.2) is 27.5 Å². The number of hydrogen-bond donors (Lipinski definition) is 2. The van der Waals surface area contributed by atoms with Crippen LogP contribution in [0.15, 0.2) is 27.6 Å². The first-order valence-electron chi connectivity index (χ1n) is 6.30. The number of sulfonamides is 1. The molecule has 2 rings (SSSR count).